The number of nitrogens with one attached hydrogen (secondary N) is 1. The van der Waals surface area contributed by atoms with Crippen molar-refractivity contribution in [2.24, 2.45) is 0 Å². The van der Waals surface area contributed by atoms with Gasteiger partial charge in [-0.25, -0.2) is 0 Å². The molecule has 0 aliphatic rings. The van der Waals surface area contributed by atoms with Crippen LogP contribution < -0.4 is 5.32 Å². The molecule has 0 bridgehead atoms. The third kappa shape index (κ3) is 2.98. The fraction of sp³-hybridized carbons (Fsp3) is 0.231. The minimum atomic E-state index is -0.230. The molecule has 0 saturated heterocycles. The number of rotatable bonds is 3. The number of carbonyl (C=O) groups is 1. The number of carbonyl (C=O) groups excluding carboxylic acids is 1. The van der Waals surface area contributed by atoms with Crippen LogP contribution in [0.2, 0.25) is 5.02 Å². The lowest BCUT2D eigenvalue weighted by Gasteiger charge is -2.07. The molecule has 1 aromatic heterocycles. The zero-order valence-corrected chi connectivity index (χ0v) is 12.8. The highest BCUT2D eigenvalue weighted by atomic mass is 79.9. The van der Waals surface area contributed by atoms with Gasteiger partial charge < -0.3 is 9.84 Å². The van der Waals surface area contributed by atoms with Gasteiger partial charge in [-0.3, -0.25) is 4.79 Å². The standard InChI is InChI=1S/C13H12BrClN2O2/c1-7-10(8(2)19-17-7)6-16-13(18)9-4-3-5-11(14)12(9)15/h3-5H,6H2,1-2H3,(H,16,18). The van der Waals surface area contributed by atoms with Gasteiger partial charge >= 0.3 is 0 Å². The van der Waals surface area contributed by atoms with Gasteiger partial charge in [-0.2, -0.15) is 0 Å². The molecule has 0 spiro atoms. The van der Waals surface area contributed by atoms with E-state index < -0.39 is 0 Å². The van der Waals surface area contributed by atoms with Crippen molar-refractivity contribution >= 4 is 33.4 Å². The molecule has 100 valence electrons. The molecule has 4 nitrogen and oxygen atoms in total. The molecular formula is C13H12BrClN2O2. The van der Waals surface area contributed by atoms with Crippen molar-refractivity contribution in [3.8, 4) is 0 Å². The topological polar surface area (TPSA) is 55.1 Å². The Bertz CT molecular complexity index is 606. The second-order valence-electron chi connectivity index (χ2n) is 4.09. The fourth-order valence-electron chi connectivity index (χ4n) is 1.70. The van der Waals surface area contributed by atoms with Gasteiger partial charge in [0.25, 0.3) is 5.91 Å². The third-order valence-electron chi connectivity index (χ3n) is 2.80. The Morgan fingerprint density at radius 1 is 1.47 bits per heavy atom. The molecule has 2 aromatic rings. The minimum Gasteiger partial charge on any atom is -0.361 e. The number of nitrogens with zero attached hydrogens (tertiary/aromatic N) is 1. The Balaban J connectivity index is 2.12. The smallest absolute Gasteiger partial charge is 0.253 e. The van der Waals surface area contributed by atoms with Crippen LogP contribution in [0.5, 0.6) is 0 Å². The number of halogens is 2. The summed E-state index contributed by atoms with van der Waals surface area (Å²) in [6.07, 6.45) is 0. The van der Waals surface area contributed by atoms with Crippen LogP contribution in [0, 0.1) is 13.8 Å². The van der Waals surface area contributed by atoms with Crippen molar-refractivity contribution in [1.29, 1.82) is 0 Å². The monoisotopic (exact) mass is 342 g/mol. The van der Waals surface area contributed by atoms with Crippen LogP contribution in [0.4, 0.5) is 0 Å². The van der Waals surface area contributed by atoms with Crippen LogP contribution in [-0.2, 0) is 6.54 Å². The van der Waals surface area contributed by atoms with E-state index in [9.17, 15) is 4.79 Å². The van der Waals surface area contributed by atoms with Crippen molar-refractivity contribution in [3.63, 3.8) is 0 Å². The van der Waals surface area contributed by atoms with E-state index in [1.54, 1.807) is 18.2 Å². The molecule has 2 rings (SSSR count). The van der Waals surface area contributed by atoms with E-state index in [1.165, 1.54) is 0 Å². The average molecular weight is 344 g/mol. The summed E-state index contributed by atoms with van der Waals surface area (Å²) in [6, 6.07) is 5.23. The summed E-state index contributed by atoms with van der Waals surface area (Å²) in [7, 11) is 0. The van der Waals surface area contributed by atoms with Gasteiger partial charge in [0.05, 0.1) is 16.3 Å². The Hall–Kier alpha value is -1.33. The van der Waals surface area contributed by atoms with E-state index in [1.807, 2.05) is 13.8 Å². The molecule has 1 heterocycles. The van der Waals surface area contributed by atoms with Gasteiger partial charge in [-0.1, -0.05) is 22.8 Å². The van der Waals surface area contributed by atoms with Crippen LogP contribution in [0.15, 0.2) is 27.2 Å². The zero-order valence-electron chi connectivity index (χ0n) is 10.5. The van der Waals surface area contributed by atoms with Crippen molar-refractivity contribution in [1.82, 2.24) is 10.5 Å². The van der Waals surface area contributed by atoms with Crippen molar-refractivity contribution in [2.45, 2.75) is 20.4 Å². The molecule has 0 aliphatic heterocycles. The predicted molar refractivity (Wildman–Crippen MR) is 76.3 cm³/mol. The van der Waals surface area contributed by atoms with Crippen LogP contribution in [0.3, 0.4) is 0 Å². The van der Waals surface area contributed by atoms with Gasteiger partial charge in [-0.15, -0.1) is 0 Å². The zero-order chi connectivity index (χ0) is 14.0. The molecule has 0 unspecified atom stereocenters. The maximum absolute atomic E-state index is 12.1. The number of hydrogen-bond acceptors (Lipinski definition) is 3. The minimum absolute atomic E-state index is 0.230. The summed E-state index contributed by atoms with van der Waals surface area (Å²) in [5.41, 5.74) is 2.10. The summed E-state index contributed by atoms with van der Waals surface area (Å²) in [6.45, 7) is 4.01. The van der Waals surface area contributed by atoms with Gasteiger partial charge in [0.1, 0.15) is 5.76 Å². The third-order valence-corrected chi connectivity index (χ3v) is 4.10. The lowest BCUT2D eigenvalue weighted by molar-refractivity contribution is 0.0951. The SMILES string of the molecule is Cc1noc(C)c1CNC(=O)c1cccc(Br)c1Cl. The molecular weight excluding hydrogens is 332 g/mol. The van der Waals surface area contributed by atoms with Gasteiger partial charge in [0.15, 0.2) is 0 Å². The Kier molecular flexibility index (Phi) is 4.27. The highest BCUT2D eigenvalue weighted by Gasteiger charge is 2.14. The maximum atomic E-state index is 12.1. The van der Waals surface area contributed by atoms with Crippen LogP contribution in [-0.4, -0.2) is 11.1 Å². The first kappa shape index (κ1) is 14.1. The van der Waals surface area contributed by atoms with E-state index in [0.717, 1.165) is 11.3 Å². The van der Waals surface area contributed by atoms with E-state index in [2.05, 4.69) is 26.4 Å². The first-order valence-corrected chi connectivity index (χ1v) is 6.81. The molecule has 0 radical (unpaired) electrons. The van der Waals surface area contributed by atoms with Crippen LogP contribution >= 0.6 is 27.5 Å². The normalized spacial score (nSPS) is 10.5. The molecule has 0 fully saturated rings. The summed E-state index contributed by atoms with van der Waals surface area (Å²) in [5.74, 6) is 0.476. The van der Waals surface area contributed by atoms with Crippen molar-refractivity contribution in [2.75, 3.05) is 0 Å². The highest BCUT2D eigenvalue weighted by Crippen LogP contribution is 2.26. The lowest BCUT2D eigenvalue weighted by Crippen LogP contribution is -2.23. The number of aromatic nitrogens is 1. The number of amides is 1. The molecule has 6 heteroatoms. The largest absolute Gasteiger partial charge is 0.361 e. The molecule has 0 atom stereocenters. The first-order chi connectivity index (χ1) is 9.00. The fourth-order valence-corrected chi connectivity index (χ4v) is 2.28. The maximum Gasteiger partial charge on any atom is 0.253 e. The van der Waals surface area contributed by atoms with E-state index >= 15 is 0 Å². The van der Waals surface area contributed by atoms with Gasteiger partial charge in [-0.05, 0) is 41.9 Å². The second-order valence-corrected chi connectivity index (χ2v) is 5.32. The number of aryl methyl sites for hydroxylation is 2. The van der Waals surface area contributed by atoms with Gasteiger partial charge in [0.2, 0.25) is 0 Å². The summed E-state index contributed by atoms with van der Waals surface area (Å²) in [4.78, 5) is 12.1. The Labute approximate surface area is 124 Å². The Morgan fingerprint density at radius 2 is 2.21 bits per heavy atom. The van der Waals surface area contributed by atoms with E-state index in [4.69, 9.17) is 16.1 Å². The van der Waals surface area contributed by atoms with Crippen LogP contribution in [0.1, 0.15) is 27.4 Å². The molecule has 0 saturated carbocycles. The van der Waals surface area contributed by atoms with Crippen molar-refractivity contribution in [3.05, 3.63) is 50.3 Å². The van der Waals surface area contributed by atoms with E-state index in [0.29, 0.717) is 27.4 Å². The van der Waals surface area contributed by atoms with E-state index in [-0.39, 0.29) is 5.91 Å². The molecule has 0 aliphatic carbocycles. The molecule has 1 aromatic carbocycles. The molecule has 1 amide bonds. The number of hydrogen-bond donors (Lipinski definition) is 1. The van der Waals surface area contributed by atoms with Crippen molar-refractivity contribution < 1.29 is 9.32 Å². The summed E-state index contributed by atoms with van der Waals surface area (Å²) < 4.78 is 5.73. The summed E-state index contributed by atoms with van der Waals surface area (Å²) in [5, 5.41) is 7.05. The average Bonchev–Trinajstić information content (AvgIpc) is 2.70. The number of benzene rings is 1. The molecule has 1 N–H and O–H groups in total. The quantitative estimate of drug-likeness (QED) is 0.925. The highest BCUT2D eigenvalue weighted by molar-refractivity contribution is 9.10. The second kappa shape index (κ2) is 5.75. The Morgan fingerprint density at radius 3 is 2.84 bits per heavy atom. The first-order valence-electron chi connectivity index (χ1n) is 5.64. The summed E-state index contributed by atoms with van der Waals surface area (Å²) >= 11 is 9.36. The van der Waals surface area contributed by atoms with Gasteiger partial charge in [0, 0.05) is 16.6 Å². The molecule has 19 heavy (non-hydrogen) atoms. The lowest BCUT2D eigenvalue weighted by atomic mass is 10.2. The predicted octanol–water partition coefficient (Wildman–Crippen LogP) is 3.64. The van der Waals surface area contributed by atoms with Crippen LogP contribution in [0.25, 0.3) is 0 Å².